The fraction of sp³-hybridized carbons (Fsp3) is 0.860. The molecule has 0 saturated heterocycles. The summed E-state index contributed by atoms with van der Waals surface area (Å²) in [7, 11) is 0. The molecule has 0 radical (unpaired) electrons. The second kappa shape index (κ2) is 44.6. The van der Waals surface area contributed by atoms with Crippen LogP contribution >= 0.6 is 0 Å². The molecular formula is C50H95NO5. The van der Waals surface area contributed by atoms with Gasteiger partial charge >= 0.3 is 0 Å². The number of hydrogen-bond donors (Lipinski definition) is 5. The number of hydrogen-bond acceptors (Lipinski definition) is 5. The van der Waals surface area contributed by atoms with Crippen LogP contribution in [0.1, 0.15) is 245 Å². The number of aliphatic hydroxyl groups is 4. The lowest BCUT2D eigenvalue weighted by atomic mass is 10.00. The number of rotatable bonds is 44. The first kappa shape index (κ1) is 54.5. The Morgan fingerprint density at radius 2 is 0.750 bits per heavy atom. The SMILES string of the molecule is CCCCC/C=C\CCCCCCC(O)C(=O)NC(CO)C(O)C(O)CCC/C=C/CC/C=C/CCCCCCCCCCCCCCCCCCCCCC. The average Bonchev–Trinajstić information content (AvgIpc) is 3.20. The van der Waals surface area contributed by atoms with Gasteiger partial charge in [0, 0.05) is 0 Å². The molecular weight excluding hydrogens is 695 g/mol. The van der Waals surface area contributed by atoms with Crippen molar-refractivity contribution in [2.45, 2.75) is 269 Å². The molecule has 0 heterocycles. The minimum atomic E-state index is -1.29. The predicted molar refractivity (Wildman–Crippen MR) is 242 cm³/mol. The van der Waals surface area contributed by atoms with Crippen LogP contribution in [0.25, 0.3) is 0 Å². The van der Waals surface area contributed by atoms with Gasteiger partial charge in [-0.2, -0.15) is 0 Å². The number of aliphatic hydroxyl groups excluding tert-OH is 4. The van der Waals surface area contributed by atoms with Crippen LogP contribution in [0.3, 0.4) is 0 Å². The molecule has 5 N–H and O–H groups in total. The zero-order valence-corrected chi connectivity index (χ0v) is 37.1. The van der Waals surface area contributed by atoms with E-state index >= 15 is 0 Å². The molecule has 0 aromatic rings. The van der Waals surface area contributed by atoms with Crippen LogP contribution < -0.4 is 5.32 Å². The van der Waals surface area contributed by atoms with E-state index in [1.54, 1.807) is 0 Å². The molecule has 0 aromatic heterocycles. The van der Waals surface area contributed by atoms with Crippen LogP contribution in [-0.4, -0.2) is 57.3 Å². The van der Waals surface area contributed by atoms with Crippen molar-refractivity contribution < 1.29 is 25.2 Å². The number of unbranched alkanes of at least 4 members (excludes halogenated alkanes) is 29. The van der Waals surface area contributed by atoms with Crippen molar-refractivity contribution in [2.24, 2.45) is 0 Å². The second-order valence-corrected chi connectivity index (χ2v) is 16.8. The molecule has 330 valence electrons. The fourth-order valence-electron chi connectivity index (χ4n) is 7.42. The minimum absolute atomic E-state index is 0.345. The molecule has 4 unspecified atom stereocenters. The van der Waals surface area contributed by atoms with Crippen molar-refractivity contribution >= 4 is 5.91 Å². The van der Waals surface area contributed by atoms with E-state index < -0.39 is 36.9 Å². The van der Waals surface area contributed by atoms with E-state index in [9.17, 15) is 25.2 Å². The van der Waals surface area contributed by atoms with Gasteiger partial charge in [0.05, 0.1) is 18.8 Å². The lowest BCUT2D eigenvalue weighted by Gasteiger charge is -2.27. The summed E-state index contributed by atoms with van der Waals surface area (Å²) in [4.78, 5) is 12.5. The summed E-state index contributed by atoms with van der Waals surface area (Å²) in [5.41, 5.74) is 0. The third-order valence-electron chi connectivity index (χ3n) is 11.3. The molecule has 6 heteroatoms. The maximum absolute atomic E-state index is 12.5. The molecule has 0 aliphatic carbocycles. The molecule has 0 spiro atoms. The van der Waals surface area contributed by atoms with Crippen LogP contribution in [0, 0.1) is 0 Å². The van der Waals surface area contributed by atoms with Gasteiger partial charge in [-0.1, -0.05) is 204 Å². The molecule has 0 aromatic carbocycles. The van der Waals surface area contributed by atoms with Crippen LogP contribution in [0.5, 0.6) is 0 Å². The fourth-order valence-corrected chi connectivity index (χ4v) is 7.42. The van der Waals surface area contributed by atoms with E-state index in [4.69, 9.17) is 0 Å². The van der Waals surface area contributed by atoms with E-state index in [0.717, 1.165) is 57.8 Å². The van der Waals surface area contributed by atoms with Gasteiger partial charge in [-0.25, -0.2) is 0 Å². The van der Waals surface area contributed by atoms with Crippen LogP contribution in [0.2, 0.25) is 0 Å². The van der Waals surface area contributed by atoms with Gasteiger partial charge in [-0.15, -0.1) is 0 Å². The monoisotopic (exact) mass is 790 g/mol. The molecule has 0 saturated carbocycles. The van der Waals surface area contributed by atoms with Gasteiger partial charge < -0.3 is 25.7 Å². The normalized spacial score (nSPS) is 14.3. The summed E-state index contributed by atoms with van der Waals surface area (Å²) in [5, 5.41) is 43.6. The summed E-state index contributed by atoms with van der Waals surface area (Å²) in [6, 6.07) is -1.01. The number of amides is 1. The van der Waals surface area contributed by atoms with E-state index in [-0.39, 0.29) is 0 Å². The molecule has 6 nitrogen and oxygen atoms in total. The zero-order chi connectivity index (χ0) is 41.0. The Kier molecular flexibility index (Phi) is 43.5. The Morgan fingerprint density at radius 3 is 1.16 bits per heavy atom. The first-order valence-corrected chi connectivity index (χ1v) is 24.4. The quantitative estimate of drug-likeness (QED) is 0.0312. The summed E-state index contributed by atoms with van der Waals surface area (Å²) in [6.45, 7) is 4.00. The van der Waals surface area contributed by atoms with E-state index in [1.165, 1.54) is 154 Å². The second-order valence-electron chi connectivity index (χ2n) is 16.8. The third-order valence-corrected chi connectivity index (χ3v) is 11.3. The van der Waals surface area contributed by atoms with Gasteiger partial charge in [0.1, 0.15) is 12.2 Å². The van der Waals surface area contributed by atoms with Gasteiger partial charge in [0.2, 0.25) is 5.91 Å². The smallest absolute Gasteiger partial charge is 0.249 e. The van der Waals surface area contributed by atoms with Crippen LogP contribution in [0.15, 0.2) is 36.5 Å². The van der Waals surface area contributed by atoms with Crippen molar-refractivity contribution in [3.05, 3.63) is 36.5 Å². The molecule has 56 heavy (non-hydrogen) atoms. The van der Waals surface area contributed by atoms with Crippen molar-refractivity contribution in [3.8, 4) is 0 Å². The van der Waals surface area contributed by atoms with Crippen molar-refractivity contribution in [1.29, 1.82) is 0 Å². The Morgan fingerprint density at radius 1 is 0.429 bits per heavy atom. The van der Waals surface area contributed by atoms with Crippen LogP contribution in [0.4, 0.5) is 0 Å². The maximum Gasteiger partial charge on any atom is 0.249 e. The van der Waals surface area contributed by atoms with E-state index in [2.05, 4.69) is 55.6 Å². The van der Waals surface area contributed by atoms with Gasteiger partial charge in [0.15, 0.2) is 0 Å². The number of carbonyl (C=O) groups is 1. The highest BCUT2D eigenvalue weighted by molar-refractivity contribution is 5.80. The largest absolute Gasteiger partial charge is 0.394 e. The summed E-state index contributed by atoms with van der Waals surface area (Å²) >= 11 is 0. The maximum atomic E-state index is 12.5. The highest BCUT2D eigenvalue weighted by Gasteiger charge is 2.28. The summed E-state index contributed by atoms with van der Waals surface area (Å²) in [5.74, 6) is -0.608. The highest BCUT2D eigenvalue weighted by atomic mass is 16.3. The standard InChI is InChI=1S/C50H95NO5/c1-3-5-7-9-11-13-15-16-17-18-19-20-21-22-23-24-25-26-27-28-29-30-31-32-34-35-37-39-41-43-47(53)49(55)46(45-52)51-50(56)48(54)44-42-40-38-36-33-14-12-10-8-6-4-2/h12,14,30-31,35,37,46-49,52-55H,3-11,13,15-29,32-34,36,38-45H2,1-2H3,(H,51,56)/b14-12-,31-30+,37-35+. The molecule has 0 aliphatic heterocycles. The highest BCUT2D eigenvalue weighted by Crippen LogP contribution is 2.16. The molecule has 4 atom stereocenters. The lowest BCUT2D eigenvalue weighted by molar-refractivity contribution is -0.132. The van der Waals surface area contributed by atoms with Gasteiger partial charge in [0.25, 0.3) is 0 Å². The number of nitrogens with one attached hydrogen (secondary N) is 1. The first-order chi connectivity index (χ1) is 27.5. The summed E-state index contributed by atoms with van der Waals surface area (Å²) < 4.78 is 0. The van der Waals surface area contributed by atoms with Crippen molar-refractivity contribution in [3.63, 3.8) is 0 Å². The number of carbonyl (C=O) groups excluding carboxylic acids is 1. The van der Waals surface area contributed by atoms with Gasteiger partial charge in [-0.3, -0.25) is 4.79 Å². The number of allylic oxidation sites excluding steroid dienone is 6. The molecule has 0 aliphatic rings. The molecule has 0 rings (SSSR count). The topological polar surface area (TPSA) is 110 Å². The van der Waals surface area contributed by atoms with Crippen molar-refractivity contribution in [2.75, 3.05) is 6.61 Å². The summed E-state index contributed by atoms with van der Waals surface area (Å²) in [6.07, 6.45) is 53.6. The van der Waals surface area contributed by atoms with Crippen LogP contribution in [-0.2, 0) is 4.79 Å². The first-order valence-electron chi connectivity index (χ1n) is 24.4. The third kappa shape index (κ3) is 38.1. The Hall–Kier alpha value is -1.47. The average molecular weight is 790 g/mol. The van der Waals surface area contributed by atoms with Gasteiger partial charge in [-0.05, 0) is 77.0 Å². The Labute approximate surface area is 347 Å². The molecule has 0 bridgehead atoms. The molecule has 0 fully saturated rings. The zero-order valence-electron chi connectivity index (χ0n) is 37.1. The van der Waals surface area contributed by atoms with E-state index in [1.807, 2.05) is 0 Å². The lowest BCUT2D eigenvalue weighted by Crippen LogP contribution is -2.53. The van der Waals surface area contributed by atoms with E-state index in [0.29, 0.717) is 19.3 Å². The van der Waals surface area contributed by atoms with Crippen molar-refractivity contribution in [1.82, 2.24) is 5.32 Å². The predicted octanol–water partition coefficient (Wildman–Crippen LogP) is 13.3. The minimum Gasteiger partial charge on any atom is -0.394 e. The molecule has 1 amide bonds. The Balaban J connectivity index is 3.68. The Bertz CT molecular complexity index is 889.